The number of fused-ring (bicyclic) bond motifs is 1. The van der Waals surface area contributed by atoms with Crippen LogP contribution in [-0.4, -0.2) is 45.4 Å². The predicted octanol–water partition coefficient (Wildman–Crippen LogP) is 0.870. The smallest absolute Gasteiger partial charge is 0.330 e. The van der Waals surface area contributed by atoms with Gasteiger partial charge in [0.05, 0.1) is 25.2 Å². The molecule has 0 aromatic carbocycles. The summed E-state index contributed by atoms with van der Waals surface area (Å²) >= 11 is 0. The van der Waals surface area contributed by atoms with Crippen LogP contribution in [0.1, 0.15) is 24.6 Å². The minimum atomic E-state index is -0.459. The van der Waals surface area contributed by atoms with E-state index in [2.05, 4.69) is 14.7 Å². The molecule has 0 unspecified atom stereocenters. The van der Waals surface area contributed by atoms with Crippen LogP contribution in [0, 0.1) is 0 Å². The lowest BCUT2D eigenvalue weighted by Crippen LogP contribution is -2.14. The lowest BCUT2D eigenvalue weighted by molar-refractivity contribution is -0.134. The van der Waals surface area contributed by atoms with Gasteiger partial charge in [-0.1, -0.05) is 0 Å². The lowest BCUT2D eigenvalue weighted by Gasteiger charge is -2.14. The van der Waals surface area contributed by atoms with Crippen LogP contribution in [0.25, 0.3) is 17.1 Å². The van der Waals surface area contributed by atoms with Gasteiger partial charge in [0.15, 0.2) is 0 Å². The van der Waals surface area contributed by atoms with E-state index in [0.29, 0.717) is 22.4 Å². The van der Waals surface area contributed by atoms with Crippen LogP contribution in [0.4, 0.5) is 5.82 Å². The summed E-state index contributed by atoms with van der Waals surface area (Å²) in [7, 11) is 1.31. The Kier molecular flexibility index (Phi) is 4.26. The van der Waals surface area contributed by atoms with Gasteiger partial charge in [0.2, 0.25) is 0 Å². The van der Waals surface area contributed by atoms with Crippen molar-refractivity contribution in [1.29, 1.82) is 0 Å². The highest BCUT2D eigenvalue weighted by Gasteiger charge is 2.28. The number of aliphatic hydroxyl groups is 1. The molecule has 1 aliphatic heterocycles. The average molecular weight is 318 g/mol. The van der Waals surface area contributed by atoms with E-state index in [1.807, 2.05) is 10.8 Å². The maximum absolute atomic E-state index is 11.3. The third-order valence-electron chi connectivity index (χ3n) is 3.87. The van der Waals surface area contributed by atoms with E-state index in [1.54, 1.807) is 6.08 Å². The van der Waals surface area contributed by atoms with Crippen LogP contribution in [-0.2, 0) is 14.3 Å². The van der Waals surface area contributed by atoms with E-state index in [4.69, 9.17) is 10.5 Å². The Morgan fingerprint density at radius 2 is 2.39 bits per heavy atom. The van der Waals surface area contributed by atoms with E-state index >= 15 is 0 Å². The fourth-order valence-electron chi connectivity index (χ4n) is 2.74. The monoisotopic (exact) mass is 318 g/mol. The zero-order valence-corrected chi connectivity index (χ0v) is 12.7. The maximum Gasteiger partial charge on any atom is 0.330 e. The SMILES string of the molecule is COC(=O)/C=C/c1cn([C@H]2CC[C@@H](CO)O2)c2ncnc(N)c12. The number of ether oxygens (including phenoxy) is 2. The quantitative estimate of drug-likeness (QED) is 0.635. The maximum atomic E-state index is 11.3. The Labute approximate surface area is 132 Å². The van der Waals surface area contributed by atoms with Crippen molar-refractivity contribution in [3.8, 4) is 0 Å². The van der Waals surface area contributed by atoms with Crippen LogP contribution in [0.15, 0.2) is 18.6 Å². The number of aliphatic hydroxyl groups excluding tert-OH is 1. The predicted molar refractivity (Wildman–Crippen MR) is 83.2 cm³/mol. The van der Waals surface area contributed by atoms with E-state index in [0.717, 1.165) is 12.8 Å². The van der Waals surface area contributed by atoms with Gasteiger partial charge in [0.1, 0.15) is 24.0 Å². The van der Waals surface area contributed by atoms with Crippen molar-refractivity contribution in [2.24, 2.45) is 0 Å². The normalized spacial score (nSPS) is 21.3. The molecular weight excluding hydrogens is 300 g/mol. The molecule has 0 aliphatic carbocycles. The number of rotatable bonds is 4. The summed E-state index contributed by atoms with van der Waals surface area (Å²) in [6, 6.07) is 0. The Hall–Kier alpha value is -2.45. The van der Waals surface area contributed by atoms with Gasteiger partial charge >= 0.3 is 5.97 Å². The molecule has 2 aromatic heterocycles. The number of hydrogen-bond acceptors (Lipinski definition) is 7. The molecule has 0 saturated carbocycles. The van der Waals surface area contributed by atoms with Crippen LogP contribution >= 0.6 is 0 Å². The van der Waals surface area contributed by atoms with Gasteiger partial charge < -0.3 is 24.9 Å². The zero-order chi connectivity index (χ0) is 16.4. The minimum Gasteiger partial charge on any atom is -0.466 e. The standard InChI is InChI=1S/C15H18N4O4/c1-22-12(21)5-2-9-6-19(11-4-3-10(7-20)23-11)15-13(9)14(16)17-8-18-15/h2,5-6,8,10-11,20H,3-4,7H2,1H3,(H2,16,17,18)/b5-2+/t10-,11+/m0/s1. The molecule has 3 N–H and O–H groups in total. The number of nitrogen functional groups attached to an aromatic ring is 1. The number of nitrogens with zero attached hydrogens (tertiary/aromatic N) is 3. The van der Waals surface area contributed by atoms with Crippen molar-refractivity contribution in [1.82, 2.24) is 14.5 Å². The minimum absolute atomic E-state index is 0.0120. The van der Waals surface area contributed by atoms with Crippen molar-refractivity contribution in [3.05, 3.63) is 24.2 Å². The van der Waals surface area contributed by atoms with Gasteiger partial charge in [-0.25, -0.2) is 14.8 Å². The summed E-state index contributed by atoms with van der Waals surface area (Å²) < 4.78 is 12.3. The van der Waals surface area contributed by atoms with Gasteiger partial charge in [0.25, 0.3) is 0 Å². The number of nitrogens with two attached hydrogens (primary N) is 1. The largest absolute Gasteiger partial charge is 0.466 e. The summed E-state index contributed by atoms with van der Waals surface area (Å²) in [6.45, 7) is -0.0120. The number of aromatic nitrogens is 3. The summed E-state index contributed by atoms with van der Waals surface area (Å²) in [5, 5.41) is 9.88. The van der Waals surface area contributed by atoms with E-state index in [1.165, 1.54) is 19.5 Å². The van der Waals surface area contributed by atoms with Gasteiger partial charge in [0, 0.05) is 17.8 Å². The second kappa shape index (κ2) is 6.35. The Morgan fingerprint density at radius 1 is 1.57 bits per heavy atom. The number of carbonyl (C=O) groups is 1. The highest BCUT2D eigenvalue weighted by atomic mass is 16.5. The van der Waals surface area contributed by atoms with Crippen molar-refractivity contribution in [2.45, 2.75) is 25.2 Å². The zero-order valence-electron chi connectivity index (χ0n) is 12.7. The molecular formula is C15H18N4O4. The second-order valence-electron chi connectivity index (χ2n) is 5.28. The summed E-state index contributed by atoms with van der Waals surface area (Å²) in [4.78, 5) is 19.6. The van der Waals surface area contributed by atoms with Crippen molar-refractivity contribution >= 4 is 28.9 Å². The fraction of sp³-hybridized carbons (Fsp3) is 0.400. The van der Waals surface area contributed by atoms with Crippen LogP contribution in [0.3, 0.4) is 0 Å². The third kappa shape index (κ3) is 2.90. The van der Waals surface area contributed by atoms with Gasteiger partial charge in [-0.15, -0.1) is 0 Å². The number of esters is 1. The molecule has 1 fully saturated rings. The molecule has 23 heavy (non-hydrogen) atoms. The van der Waals surface area contributed by atoms with Gasteiger partial charge in [-0.2, -0.15) is 0 Å². The molecule has 3 heterocycles. The molecule has 0 spiro atoms. The van der Waals surface area contributed by atoms with Crippen LogP contribution in [0.2, 0.25) is 0 Å². The molecule has 3 rings (SSSR count). The molecule has 8 nitrogen and oxygen atoms in total. The van der Waals surface area contributed by atoms with Gasteiger partial charge in [-0.05, 0) is 18.9 Å². The first-order valence-corrected chi connectivity index (χ1v) is 7.27. The molecule has 2 aromatic rings. The Bertz CT molecular complexity index is 755. The molecule has 2 atom stereocenters. The molecule has 122 valence electrons. The Morgan fingerprint density at radius 3 is 3.09 bits per heavy atom. The molecule has 0 radical (unpaired) electrons. The van der Waals surface area contributed by atoms with Crippen molar-refractivity contribution in [2.75, 3.05) is 19.5 Å². The fourth-order valence-corrected chi connectivity index (χ4v) is 2.74. The number of hydrogen-bond donors (Lipinski definition) is 2. The summed E-state index contributed by atoms with van der Waals surface area (Å²) in [5.41, 5.74) is 7.30. The highest BCUT2D eigenvalue weighted by Crippen LogP contribution is 2.34. The van der Waals surface area contributed by atoms with Crippen molar-refractivity contribution < 1.29 is 19.4 Å². The third-order valence-corrected chi connectivity index (χ3v) is 3.87. The van der Waals surface area contributed by atoms with Crippen molar-refractivity contribution in [3.63, 3.8) is 0 Å². The first-order valence-electron chi connectivity index (χ1n) is 7.27. The molecule has 8 heteroatoms. The number of anilines is 1. The van der Waals surface area contributed by atoms with E-state index in [9.17, 15) is 9.90 Å². The first-order chi connectivity index (χ1) is 11.1. The summed E-state index contributed by atoms with van der Waals surface area (Å²) in [5.74, 6) is -0.131. The molecule has 0 amide bonds. The molecule has 1 aliphatic rings. The van der Waals surface area contributed by atoms with E-state index < -0.39 is 5.97 Å². The van der Waals surface area contributed by atoms with Gasteiger partial charge in [-0.3, -0.25) is 0 Å². The first kappa shape index (κ1) is 15.4. The summed E-state index contributed by atoms with van der Waals surface area (Å²) in [6.07, 6.45) is 7.27. The van der Waals surface area contributed by atoms with Crippen LogP contribution in [0.5, 0.6) is 0 Å². The van der Waals surface area contributed by atoms with E-state index in [-0.39, 0.29) is 18.9 Å². The molecule has 1 saturated heterocycles. The van der Waals surface area contributed by atoms with Crippen LogP contribution < -0.4 is 5.73 Å². The lowest BCUT2D eigenvalue weighted by atomic mass is 10.2. The second-order valence-corrected chi connectivity index (χ2v) is 5.28. The molecule has 0 bridgehead atoms. The number of carbonyl (C=O) groups excluding carboxylic acids is 1. The number of methoxy groups -OCH3 is 1. The topological polar surface area (TPSA) is 112 Å². The Balaban J connectivity index is 2.04. The highest BCUT2D eigenvalue weighted by molar-refractivity contribution is 5.97. The average Bonchev–Trinajstić information content (AvgIpc) is 3.17.